The van der Waals surface area contributed by atoms with Gasteiger partial charge in [0.1, 0.15) is 9.77 Å². The number of hydrogen-bond acceptors (Lipinski definition) is 6. The Morgan fingerprint density at radius 3 is 2.76 bits per heavy atom. The first-order valence-corrected chi connectivity index (χ1v) is 11.7. The van der Waals surface area contributed by atoms with Gasteiger partial charge in [0.15, 0.2) is 0 Å². The molecule has 1 aromatic heterocycles. The van der Waals surface area contributed by atoms with Gasteiger partial charge in [0.2, 0.25) is 10.0 Å². The van der Waals surface area contributed by atoms with Crippen molar-refractivity contribution in [3.8, 4) is 0 Å². The average Bonchev–Trinajstić information content (AvgIpc) is 3.06. The fourth-order valence-corrected chi connectivity index (χ4v) is 6.99. The molecule has 2 saturated heterocycles. The number of sulfonamides is 1. The van der Waals surface area contributed by atoms with Gasteiger partial charge in [-0.05, 0) is 37.8 Å². The predicted octanol–water partition coefficient (Wildman–Crippen LogP) is 1.78. The first kappa shape index (κ1) is 21.0. The SMILES string of the molecule is CC1CC(NC(=O)c2sccc2S(=O)(=O)N2CCSCC2)CCN1.Cl. The Bertz CT molecular complexity index is 689. The fourth-order valence-electron chi connectivity index (χ4n) is 3.11. The first-order chi connectivity index (χ1) is 11.5. The maximum absolute atomic E-state index is 12.9. The molecule has 25 heavy (non-hydrogen) atoms. The monoisotopic (exact) mass is 425 g/mol. The number of carbonyl (C=O) groups is 1. The topological polar surface area (TPSA) is 78.5 Å². The van der Waals surface area contributed by atoms with Crippen molar-refractivity contribution in [3.63, 3.8) is 0 Å². The van der Waals surface area contributed by atoms with Crippen LogP contribution in [0.5, 0.6) is 0 Å². The van der Waals surface area contributed by atoms with Crippen LogP contribution in [0.3, 0.4) is 0 Å². The molecule has 10 heteroatoms. The van der Waals surface area contributed by atoms with Gasteiger partial charge in [-0.3, -0.25) is 4.79 Å². The van der Waals surface area contributed by atoms with Crippen molar-refractivity contribution in [1.29, 1.82) is 0 Å². The molecule has 2 aliphatic rings. The lowest BCUT2D eigenvalue weighted by Gasteiger charge is -2.29. The number of amides is 1. The van der Waals surface area contributed by atoms with E-state index in [1.54, 1.807) is 23.2 Å². The quantitative estimate of drug-likeness (QED) is 0.768. The number of thiophene rings is 1. The molecular formula is C15H24ClN3O3S3. The number of halogens is 1. The van der Waals surface area contributed by atoms with Crippen molar-refractivity contribution in [3.05, 3.63) is 16.3 Å². The van der Waals surface area contributed by atoms with Gasteiger partial charge in [-0.15, -0.1) is 23.7 Å². The fraction of sp³-hybridized carbons (Fsp3) is 0.667. The van der Waals surface area contributed by atoms with Crippen molar-refractivity contribution >= 4 is 51.4 Å². The van der Waals surface area contributed by atoms with Gasteiger partial charge in [0, 0.05) is 36.7 Å². The smallest absolute Gasteiger partial charge is 0.262 e. The molecule has 6 nitrogen and oxygen atoms in total. The van der Waals surface area contributed by atoms with Gasteiger partial charge in [0.05, 0.1) is 0 Å². The van der Waals surface area contributed by atoms with E-state index in [9.17, 15) is 13.2 Å². The van der Waals surface area contributed by atoms with Gasteiger partial charge >= 0.3 is 0 Å². The molecule has 2 unspecified atom stereocenters. The second-order valence-corrected chi connectivity index (χ2v) is 10.2. The van der Waals surface area contributed by atoms with E-state index >= 15 is 0 Å². The minimum atomic E-state index is -3.59. The standard InChI is InChI=1S/C15H23N3O3S3.ClH/c1-11-10-12(2-4-16-11)17-15(19)14-13(3-7-23-14)24(20,21)18-5-8-22-9-6-18;/h3,7,11-12,16H,2,4-6,8-10H2,1H3,(H,17,19);1H. The molecule has 1 amide bonds. The number of nitrogens with zero attached hydrogens (tertiary/aromatic N) is 1. The van der Waals surface area contributed by atoms with Gasteiger partial charge in [-0.25, -0.2) is 8.42 Å². The van der Waals surface area contributed by atoms with Crippen LogP contribution in [-0.2, 0) is 10.0 Å². The van der Waals surface area contributed by atoms with E-state index in [1.165, 1.54) is 15.6 Å². The first-order valence-electron chi connectivity index (χ1n) is 8.18. The molecule has 142 valence electrons. The van der Waals surface area contributed by atoms with Gasteiger partial charge in [-0.2, -0.15) is 16.1 Å². The van der Waals surface area contributed by atoms with Crippen LogP contribution < -0.4 is 10.6 Å². The summed E-state index contributed by atoms with van der Waals surface area (Å²) >= 11 is 2.96. The summed E-state index contributed by atoms with van der Waals surface area (Å²) < 4.78 is 27.2. The number of hydrogen-bond donors (Lipinski definition) is 2. The van der Waals surface area contributed by atoms with Crippen molar-refractivity contribution in [2.24, 2.45) is 0 Å². The summed E-state index contributed by atoms with van der Waals surface area (Å²) in [7, 11) is -3.59. The largest absolute Gasteiger partial charge is 0.348 e. The molecular weight excluding hydrogens is 402 g/mol. The van der Waals surface area contributed by atoms with E-state index in [1.807, 2.05) is 0 Å². The molecule has 0 saturated carbocycles. The third-order valence-corrected chi connectivity index (χ3v) is 8.31. The summed E-state index contributed by atoms with van der Waals surface area (Å²) in [5, 5.41) is 8.04. The molecule has 3 heterocycles. The van der Waals surface area contributed by atoms with Crippen molar-refractivity contribution in [2.75, 3.05) is 31.1 Å². The summed E-state index contributed by atoms with van der Waals surface area (Å²) in [5.74, 6) is 1.34. The van der Waals surface area contributed by atoms with Crippen molar-refractivity contribution in [2.45, 2.75) is 36.7 Å². The van der Waals surface area contributed by atoms with E-state index in [4.69, 9.17) is 0 Å². The molecule has 2 fully saturated rings. The Hall–Kier alpha value is -0.320. The maximum Gasteiger partial charge on any atom is 0.262 e. The minimum Gasteiger partial charge on any atom is -0.348 e. The van der Waals surface area contributed by atoms with E-state index in [2.05, 4.69) is 17.6 Å². The molecule has 0 radical (unpaired) electrons. The van der Waals surface area contributed by atoms with Crippen LogP contribution in [0.25, 0.3) is 0 Å². The van der Waals surface area contributed by atoms with Gasteiger partial charge < -0.3 is 10.6 Å². The summed E-state index contributed by atoms with van der Waals surface area (Å²) in [5.41, 5.74) is 0. The Labute approximate surface area is 163 Å². The lowest BCUT2D eigenvalue weighted by Crippen LogP contribution is -2.46. The second kappa shape index (κ2) is 9.05. The highest BCUT2D eigenvalue weighted by atomic mass is 35.5. The lowest BCUT2D eigenvalue weighted by atomic mass is 10.0. The van der Waals surface area contributed by atoms with E-state index in [0.29, 0.717) is 24.0 Å². The highest BCUT2D eigenvalue weighted by Crippen LogP contribution is 2.27. The highest BCUT2D eigenvalue weighted by molar-refractivity contribution is 7.99. The Morgan fingerprint density at radius 1 is 1.36 bits per heavy atom. The number of carbonyl (C=O) groups excluding carboxylic acids is 1. The van der Waals surface area contributed by atoms with Crippen LogP contribution in [0.4, 0.5) is 0 Å². The summed E-state index contributed by atoms with van der Waals surface area (Å²) in [6.45, 7) is 3.98. The summed E-state index contributed by atoms with van der Waals surface area (Å²) in [4.78, 5) is 13.1. The minimum absolute atomic E-state index is 0. The van der Waals surface area contributed by atoms with Crippen LogP contribution in [0.15, 0.2) is 16.3 Å². The number of rotatable bonds is 4. The van der Waals surface area contributed by atoms with Gasteiger partial charge in [0.25, 0.3) is 5.91 Å². The van der Waals surface area contributed by atoms with Crippen LogP contribution in [0.2, 0.25) is 0 Å². The maximum atomic E-state index is 12.9. The molecule has 1 aromatic rings. The lowest BCUT2D eigenvalue weighted by molar-refractivity contribution is 0.0926. The van der Waals surface area contributed by atoms with Gasteiger partial charge in [-0.1, -0.05) is 0 Å². The third kappa shape index (κ3) is 4.90. The normalized spacial score (nSPS) is 25.2. The van der Waals surface area contributed by atoms with E-state index in [-0.39, 0.29) is 29.3 Å². The van der Waals surface area contributed by atoms with E-state index < -0.39 is 10.0 Å². The zero-order valence-corrected chi connectivity index (χ0v) is 17.3. The Balaban J connectivity index is 0.00000225. The van der Waals surface area contributed by atoms with Crippen LogP contribution >= 0.6 is 35.5 Å². The Kier molecular flexibility index (Phi) is 7.60. The molecule has 0 spiro atoms. The van der Waals surface area contributed by atoms with Crippen LogP contribution in [0.1, 0.15) is 29.4 Å². The average molecular weight is 426 g/mol. The zero-order valence-electron chi connectivity index (χ0n) is 14.1. The Morgan fingerprint density at radius 2 is 2.08 bits per heavy atom. The number of piperidine rings is 1. The highest BCUT2D eigenvalue weighted by Gasteiger charge is 2.32. The van der Waals surface area contributed by atoms with Crippen LogP contribution in [0, 0.1) is 0 Å². The molecule has 3 rings (SSSR count). The van der Waals surface area contributed by atoms with Crippen LogP contribution in [-0.4, -0.2) is 61.9 Å². The molecule has 2 aliphatic heterocycles. The zero-order chi connectivity index (χ0) is 17.2. The van der Waals surface area contributed by atoms with E-state index in [0.717, 1.165) is 30.9 Å². The van der Waals surface area contributed by atoms with Crippen molar-refractivity contribution in [1.82, 2.24) is 14.9 Å². The van der Waals surface area contributed by atoms with Crippen molar-refractivity contribution < 1.29 is 13.2 Å². The second-order valence-electron chi connectivity index (χ2n) is 6.18. The molecule has 0 aliphatic carbocycles. The summed E-state index contributed by atoms with van der Waals surface area (Å²) in [6.07, 6.45) is 1.73. The number of nitrogens with one attached hydrogen (secondary N) is 2. The summed E-state index contributed by atoms with van der Waals surface area (Å²) in [6, 6.07) is 2.01. The number of thioether (sulfide) groups is 1. The predicted molar refractivity (Wildman–Crippen MR) is 106 cm³/mol. The third-order valence-electron chi connectivity index (χ3n) is 4.38. The molecule has 2 N–H and O–H groups in total. The molecule has 0 aromatic carbocycles. The molecule has 2 atom stereocenters. The molecule has 0 bridgehead atoms.